The van der Waals surface area contributed by atoms with Gasteiger partial charge in [-0.25, -0.2) is 0 Å². The summed E-state index contributed by atoms with van der Waals surface area (Å²) >= 11 is 0. The quantitative estimate of drug-likeness (QED) is 0.680. The zero-order valence-electron chi connectivity index (χ0n) is 12.7. The van der Waals surface area contributed by atoms with E-state index in [0.717, 1.165) is 5.39 Å². The van der Waals surface area contributed by atoms with Gasteiger partial charge in [-0.15, -0.1) is 0 Å². The molecule has 0 fully saturated rings. The predicted molar refractivity (Wildman–Crippen MR) is 89.9 cm³/mol. The van der Waals surface area contributed by atoms with Crippen molar-refractivity contribution in [1.82, 2.24) is 9.97 Å². The summed E-state index contributed by atoms with van der Waals surface area (Å²) in [6.45, 7) is 1.25. The molecule has 2 aromatic heterocycles. The van der Waals surface area contributed by atoms with E-state index in [1.54, 1.807) is 30.5 Å². The fourth-order valence-electron chi connectivity index (χ4n) is 2.67. The standard InChI is InChI=1S/C17H15N3O4/c21-16-11(9-19-12-2-1-3-18-17(12)22)6-10-7-14-15(8-13(10)20-16)24-5-4-23-14/h1-3,6-8,19H,4-5,9H2,(H,18,22)(H,20,21). The monoisotopic (exact) mass is 325 g/mol. The van der Waals surface area contributed by atoms with E-state index in [-0.39, 0.29) is 17.7 Å². The van der Waals surface area contributed by atoms with Gasteiger partial charge in [0, 0.05) is 29.8 Å². The van der Waals surface area contributed by atoms with E-state index >= 15 is 0 Å². The molecule has 1 aromatic carbocycles. The number of hydrogen-bond donors (Lipinski definition) is 3. The lowest BCUT2D eigenvalue weighted by atomic mass is 10.1. The molecular formula is C17H15N3O4. The molecule has 0 spiro atoms. The number of fused-ring (bicyclic) bond motifs is 2. The molecule has 0 aliphatic carbocycles. The third-order valence-corrected chi connectivity index (χ3v) is 3.87. The van der Waals surface area contributed by atoms with Crippen molar-refractivity contribution in [2.24, 2.45) is 0 Å². The first kappa shape index (κ1) is 14.4. The van der Waals surface area contributed by atoms with Crippen molar-refractivity contribution in [2.45, 2.75) is 6.54 Å². The zero-order valence-corrected chi connectivity index (χ0v) is 12.7. The van der Waals surface area contributed by atoms with Crippen LogP contribution in [0.5, 0.6) is 11.5 Å². The maximum Gasteiger partial charge on any atom is 0.271 e. The Bertz CT molecular complexity index is 1020. The minimum Gasteiger partial charge on any atom is -0.486 e. The van der Waals surface area contributed by atoms with E-state index in [0.29, 0.717) is 41.5 Å². The van der Waals surface area contributed by atoms with E-state index in [2.05, 4.69) is 15.3 Å². The molecule has 0 saturated heterocycles. The molecule has 1 aliphatic heterocycles. The topological polar surface area (TPSA) is 96.2 Å². The van der Waals surface area contributed by atoms with Gasteiger partial charge in [-0.3, -0.25) is 9.59 Å². The molecule has 0 bridgehead atoms. The molecule has 4 rings (SSSR count). The van der Waals surface area contributed by atoms with Crippen molar-refractivity contribution >= 4 is 16.6 Å². The highest BCUT2D eigenvalue weighted by Gasteiger charge is 2.14. The fraction of sp³-hybridized carbons (Fsp3) is 0.176. The highest BCUT2D eigenvalue weighted by atomic mass is 16.6. The number of aromatic amines is 2. The van der Waals surface area contributed by atoms with Gasteiger partial charge in [0.05, 0.1) is 5.52 Å². The Hall–Kier alpha value is -3.22. The van der Waals surface area contributed by atoms with E-state index < -0.39 is 0 Å². The van der Waals surface area contributed by atoms with Crippen molar-refractivity contribution < 1.29 is 9.47 Å². The maximum absolute atomic E-state index is 12.3. The molecular weight excluding hydrogens is 310 g/mol. The summed E-state index contributed by atoms with van der Waals surface area (Å²) in [5.41, 5.74) is 1.19. The van der Waals surface area contributed by atoms with Crippen LogP contribution in [0.25, 0.3) is 10.9 Å². The molecule has 3 heterocycles. The second-order valence-electron chi connectivity index (χ2n) is 5.47. The van der Waals surface area contributed by atoms with Gasteiger partial charge in [0.15, 0.2) is 11.5 Å². The van der Waals surface area contributed by atoms with Crippen LogP contribution in [0.1, 0.15) is 5.56 Å². The van der Waals surface area contributed by atoms with Gasteiger partial charge in [-0.05, 0) is 24.3 Å². The van der Waals surface area contributed by atoms with Crippen LogP contribution < -0.4 is 25.9 Å². The Kier molecular flexibility index (Phi) is 3.45. The van der Waals surface area contributed by atoms with Crippen LogP contribution >= 0.6 is 0 Å². The van der Waals surface area contributed by atoms with E-state index in [1.807, 2.05) is 6.07 Å². The summed E-state index contributed by atoms with van der Waals surface area (Å²) in [5, 5.41) is 3.82. The lowest BCUT2D eigenvalue weighted by Gasteiger charge is -2.18. The number of pyridine rings is 2. The van der Waals surface area contributed by atoms with Gasteiger partial charge in [0.25, 0.3) is 11.1 Å². The van der Waals surface area contributed by atoms with Crippen molar-refractivity contribution in [3.8, 4) is 11.5 Å². The predicted octanol–water partition coefficient (Wildman–Crippen LogP) is 1.60. The third-order valence-electron chi connectivity index (χ3n) is 3.87. The van der Waals surface area contributed by atoms with Crippen molar-refractivity contribution in [2.75, 3.05) is 18.5 Å². The Morgan fingerprint density at radius 2 is 1.83 bits per heavy atom. The summed E-state index contributed by atoms with van der Waals surface area (Å²) < 4.78 is 11.1. The van der Waals surface area contributed by atoms with Gasteiger partial charge in [0.1, 0.15) is 18.9 Å². The highest BCUT2D eigenvalue weighted by Crippen LogP contribution is 2.33. The number of aromatic nitrogens is 2. The number of anilines is 1. The first-order valence-corrected chi connectivity index (χ1v) is 7.58. The summed E-state index contributed by atoms with van der Waals surface area (Å²) in [7, 11) is 0. The Labute approximate surface area is 136 Å². The Morgan fingerprint density at radius 3 is 2.62 bits per heavy atom. The maximum atomic E-state index is 12.3. The lowest BCUT2D eigenvalue weighted by Crippen LogP contribution is -2.19. The highest BCUT2D eigenvalue weighted by molar-refractivity contribution is 5.83. The number of nitrogens with one attached hydrogen (secondary N) is 3. The van der Waals surface area contributed by atoms with Crippen LogP contribution in [-0.4, -0.2) is 23.2 Å². The molecule has 3 N–H and O–H groups in total. The average molecular weight is 325 g/mol. The molecule has 0 saturated carbocycles. The smallest absolute Gasteiger partial charge is 0.271 e. The van der Waals surface area contributed by atoms with E-state index in [1.165, 1.54) is 0 Å². The molecule has 0 unspecified atom stereocenters. The average Bonchev–Trinajstić information content (AvgIpc) is 2.59. The summed E-state index contributed by atoms with van der Waals surface area (Å²) in [4.78, 5) is 29.3. The van der Waals surface area contributed by atoms with Gasteiger partial charge in [-0.2, -0.15) is 0 Å². The van der Waals surface area contributed by atoms with Crippen molar-refractivity contribution in [1.29, 1.82) is 0 Å². The first-order valence-electron chi connectivity index (χ1n) is 7.58. The number of rotatable bonds is 3. The normalized spacial score (nSPS) is 13.0. The zero-order chi connectivity index (χ0) is 16.5. The van der Waals surface area contributed by atoms with Crippen LogP contribution in [-0.2, 0) is 6.54 Å². The van der Waals surface area contributed by atoms with Crippen LogP contribution in [0, 0.1) is 0 Å². The lowest BCUT2D eigenvalue weighted by molar-refractivity contribution is 0.172. The molecule has 7 nitrogen and oxygen atoms in total. The van der Waals surface area contributed by atoms with Crippen LogP contribution in [0.15, 0.2) is 46.1 Å². The summed E-state index contributed by atoms with van der Waals surface area (Å²) in [5.74, 6) is 1.30. The number of hydrogen-bond acceptors (Lipinski definition) is 5. The third kappa shape index (κ3) is 2.60. The van der Waals surface area contributed by atoms with Gasteiger partial charge < -0.3 is 24.8 Å². The molecule has 0 atom stereocenters. The second-order valence-corrected chi connectivity index (χ2v) is 5.47. The molecule has 0 radical (unpaired) electrons. The fourth-order valence-corrected chi connectivity index (χ4v) is 2.67. The van der Waals surface area contributed by atoms with Crippen LogP contribution in [0.3, 0.4) is 0 Å². The summed E-state index contributed by atoms with van der Waals surface area (Å²) in [6, 6.07) is 8.78. The molecule has 24 heavy (non-hydrogen) atoms. The Balaban J connectivity index is 1.68. The molecule has 3 aromatic rings. The van der Waals surface area contributed by atoms with Gasteiger partial charge in [0.2, 0.25) is 0 Å². The second kappa shape index (κ2) is 5.77. The number of ether oxygens (including phenoxy) is 2. The van der Waals surface area contributed by atoms with Crippen LogP contribution in [0.2, 0.25) is 0 Å². The molecule has 0 amide bonds. The number of H-pyrrole nitrogens is 2. The van der Waals surface area contributed by atoms with Crippen molar-refractivity contribution in [3.05, 3.63) is 62.8 Å². The van der Waals surface area contributed by atoms with E-state index in [4.69, 9.17) is 9.47 Å². The largest absolute Gasteiger partial charge is 0.486 e. The first-order chi connectivity index (χ1) is 11.7. The minimum atomic E-state index is -0.227. The van der Waals surface area contributed by atoms with Crippen molar-refractivity contribution in [3.63, 3.8) is 0 Å². The van der Waals surface area contributed by atoms with Crippen LogP contribution in [0.4, 0.5) is 5.69 Å². The SMILES string of the molecule is O=c1[nH]c2cc3c(cc2cc1CNc1ccc[nH]c1=O)OCCO3. The van der Waals surface area contributed by atoms with E-state index in [9.17, 15) is 9.59 Å². The van der Waals surface area contributed by atoms with Gasteiger partial charge in [-0.1, -0.05) is 0 Å². The molecule has 7 heteroatoms. The molecule has 1 aliphatic rings. The van der Waals surface area contributed by atoms with Gasteiger partial charge >= 0.3 is 0 Å². The number of benzene rings is 1. The molecule has 122 valence electrons. The minimum absolute atomic E-state index is 0.209. The summed E-state index contributed by atoms with van der Waals surface area (Å²) in [6.07, 6.45) is 1.56. The Morgan fingerprint density at radius 1 is 1.04 bits per heavy atom.